The first kappa shape index (κ1) is 29.6. The maximum atomic E-state index is 14.6. The number of β-amino-alcohol motifs (C(OH)–C–C–N with tert-alkyl or cyclic N) is 1. The number of nitrogens with one attached hydrogen (secondary N) is 1. The largest absolute Gasteiger partial charge is 0.497 e. The number of carbonyl (C=O) groups is 4. The fraction of sp³-hybridized carbons (Fsp3) is 0.394. The summed E-state index contributed by atoms with van der Waals surface area (Å²) in [4.78, 5) is 58.1. The first-order valence-corrected chi connectivity index (χ1v) is 14.8. The molecule has 5 bridgehead atoms. The lowest BCUT2D eigenvalue weighted by Gasteiger charge is -2.35. The van der Waals surface area contributed by atoms with E-state index in [4.69, 9.17) is 14.2 Å². The van der Waals surface area contributed by atoms with E-state index >= 15 is 0 Å². The molecule has 4 heterocycles. The van der Waals surface area contributed by atoms with Crippen LogP contribution in [0.1, 0.15) is 24.4 Å². The average molecular weight is 602 g/mol. The number of benzene rings is 2. The summed E-state index contributed by atoms with van der Waals surface area (Å²) >= 11 is 0. The summed E-state index contributed by atoms with van der Waals surface area (Å²) in [5.74, 6) is -3.02. The number of ether oxygens (including phenoxy) is 3. The highest BCUT2D eigenvalue weighted by atomic mass is 16.5. The Morgan fingerprint density at radius 2 is 1.80 bits per heavy atom. The molecule has 4 aliphatic rings. The van der Waals surface area contributed by atoms with Crippen LogP contribution in [0.3, 0.4) is 0 Å². The van der Waals surface area contributed by atoms with Crippen LogP contribution in [0.15, 0.2) is 78.9 Å². The van der Waals surface area contributed by atoms with Gasteiger partial charge in [0.05, 0.1) is 37.7 Å². The van der Waals surface area contributed by atoms with Crippen molar-refractivity contribution in [3.05, 3.63) is 84.5 Å². The number of hydrogen-bond donors (Lipinski definition) is 2. The Morgan fingerprint density at radius 1 is 1.02 bits per heavy atom. The maximum absolute atomic E-state index is 14.6. The molecule has 4 aliphatic heterocycles. The zero-order valence-electron chi connectivity index (χ0n) is 24.3. The molecule has 6 rings (SSSR count). The van der Waals surface area contributed by atoms with E-state index in [2.05, 4.69) is 5.32 Å². The summed E-state index contributed by atoms with van der Waals surface area (Å²) in [7, 11) is 1.55. The predicted molar refractivity (Wildman–Crippen MR) is 158 cm³/mol. The van der Waals surface area contributed by atoms with Gasteiger partial charge in [-0.25, -0.2) is 0 Å². The number of aliphatic hydroxyl groups excluding tert-OH is 1. The second-order valence-corrected chi connectivity index (χ2v) is 11.3. The van der Waals surface area contributed by atoms with E-state index < -0.39 is 59.3 Å². The first-order valence-electron chi connectivity index (χ1n) is 14.8. The monoisotopic (exact) mass is 601 g/mol. The minimum Gasteiger partial charge on any atom is -0.497 e. The van der Waals surface area contributed by atoms with Crippen molar-refractivity contribution >= 4 is 29.4 Å². The lowest BCUT2D eigenvalue weighted by molar-refractivity contribution is -0.145. The Kier molecular flexibility index (Phi) is 8.24. The molecule has 0 saturated carbocycles. The number of fused-ring (bicyclic) bond motifs is 2. The van der Waals surface area contributed by atoms with E-state index in [0.717, 1.165) is 5.56 Å². The molecule has 2 fully saturated rings. The van der Waals surface area contributed by atoms with Crippen molar-refractivity contribution in [2.45, 2.75) is 36.6 Å². The van der Waals surface area contributed by atoms with Gasteiger partial charge in [-0.2, -0.15) is 0 Å². The van der Waals surface area contributed by atoms with Crippen molar-refractivity contribution in [3.63, 3.8) is 0 Å². The van der Waals surface area contributed by atoms with Gasteiger partial charge in [-0.05, 0) is 36.2 Å². The summed E-state index contributed by atoms with van der Waals surface area (Å²) < 4.78 is 17.3. The SMILES string of the molecule is COc1ccc(N2C/C=C\CCC(=O)OC[C@H](c3ccccc3)NC(=O)[C@@H]3[C@H]4C(=O)N(CCO)[C@H](C2=O)[C@]42C=C[C@H]3O2)cc1. The fourth-order valence-corrected chi connectivity index (χ4v) is 6.75. The number of aliphatic hydroxyl groups is 1. The number of hydrogen-bond acceptors (Lipinski definition) is 8. The quantitative estimate of drug-likeness (QED) is 0.392. The maximum Gasteiger partial charge on any atom is 0.306 e. The van der Waals surface area contributed by atoms with Crippen molar-refractivity contribution in [2.24, 2.45) is 11.8 Å². The van der Waals surface area contributed by atoms with Crippen LogP contribution in [0.5, 0.6) is 5.75 Å². The molecule has 0 aliphatic carbocycles. The second kappa shape index (κ2) is 12.3. The van der Waals surface area contributed by atoms with E-state index in [1.165, 1.54) is 9.80 Å². The van der Waals surface area contributed by atoms with Gasteiger partial charge in [0.2, 0.25) is 11.8 Å². The number of amides is 3. The van der Waals surface area contributed by atoms with Crippen LogP contribution < -0.4 is 15.0 Å². The molecule has 1 spiro atoms. The fourth-order valence-electron chi connectivity index (χ4n) is 6.75. The Balaban J connectivity index is 1.41. The summed E-state index contributed by atoms with van der Waals surface area (Å²) in [6.07, 6.45) is 6.83. The van der Waals surface area contributed by atoms with Gasteiger partial charge < -0.3 is 34.4 Å². The minimum atomic E-state index is -1.40. The molecule has 0 radical (unpaired) electrons. The number of anilines is 1. The van der Waals surface area contributed by atoms with Crippen LogP contribution >= 0.6 is 0 Å². The Labute approximate surface area is 255 Å². The number of cyclic esters (lactones) is 1. The summed E-state index contributed by atoms with van der Waals surface area (Å²) in [6, 6.07) is 14.3. The molecule has 2 N–H and O–H groups in total. The summed E-state index contributed by atoms with van der Waals surface area (Å²) in [6.45, 7) is -0.407. The molecule has 44 heavy (non-hydrogen) atoms. The highest BCUT2D eigenvalue weighted by Crippen LogP contribution is 2.55. The van der Waals surface area contributed by atoms with E-state index in [9.17, 15) is 24.3 Å². The van der Waals surface area contributed by atoms with Crippen LogP contribution in [0.2, 0.25) is 0 Å². The highest BCUT2D eigenvalue weighted by molar-refractivity contribution is 6.05. The van der Waals surface area contributed by atoms with E-state index in [1.54, 1.807) is 55.7 Å². The lowest BCUT2D eigenvalue weighted by Crippen LogP contribution is -2.56. The van der Waals surface area contributed by atoms with Gasteiger partial charge in [-0.3, -0.25) is 19.2 Å². The molecule has 230 valence electrons. The molecule has 2 saturated heterocycles. The van der Waals surface area contributed by atoms with Gasteiger partial charge in [0.15, 0.2) is 0 Å². The number of esters is 1. The van der Waals surface area contributed by atoms with Crippen LogP contribution in [-0.2, 0) is 28.7 Å². The summed E-state index contributed by atoms with van der Waals surface area (Å²) in [5, 5.41) is 12.9. The molecule has 3 amide bonds. The van der Waals surface area contributed by atoms with Gasteiger partial charge in [0.25, 0.3) is 5.91 Å². The molecular formula is C33H35N3O8. The second-order valence-electron chi connectivity index (χ2n) is 11.3. The van der Waals surface area contributed by atoms with Crippen molar-refractivity contribution in [3.8, 4) is 5.75 Å². The standard InChI is InChI=1S/C33H35N3O8/c1-42-23-13-11-22(12-14-23)35-17-7-3-6-10-26(38)43-20-24(21-8-4-2-5-9-21)34-30(39)27-25-15-16-33(44-25)28(27)31(40)36(18-19-37)29(33)32(35)41/h2-5,7-9,11-16,24-25,27-29,37H,6,10,17-20H2,1H3,(H,34,39)/b7-3-/t24-,25-,27+,28+,29-,33+/m1/s1. The Bertz CT molecular complexity index is 1480. The zero-order chi connectivity index (χ0) is 30.8. The number of likely N-dealkylation sites (tertiary alicyclic amines) is 1. The van der Waals surface area contributed by atoms with Crippen molar-refractivity contribution < 1.29 is 38.5 Å². The molecule has 0 aromatic heterocycles. The molecule has 6 atom stereocenters. The minimum absolute atomic E-state index is 0.0842. The molecular weight excluding hydrogens is 566 g/mol. The van der Waals surface area contributed by atoms with Crippen molar-refractivity contribution in [1.82, 2.24) is 10.2 Å². The number of rotatable bonds is 5. The molecule has 11 heteroatoms. The number of nitrogens with zero attached hydrogens (tertiary/aromatic N) is 2. The van der Waals surface area contributed by atoms with Crippen LogP contribution in [0.25, 0.3) is 0 Å². The number of allylic oxidation sites excluding steroid dienone is 1. The zero-order valence-corrected chi connectivity index (χ0v) is 24.3. The van der Waals surface area contributed by atoms with Gasteiger partial charge in [-0.1, -0.05) is 54.6 Å². The number of carbonyl (C=O) groups excluding carboxylic acids is 4. The molecule has 2 aromatic carbocycles. The van der Waals surface area contributed by atoms with Gasteiger partial charge in [0, 0.05) is 25.2 Å². The van der Waals surface area contributed by atoms with Crippen molar-refractivity contribution in [2.75, 3.05) is 38.3 Å². The predicted octanol–water partition coefficient (Wildman–Crippen LogP) is 1.92. The third kappa shape index (κ3) is 5.16. The normalized spacial score (nSPS) is 31.1. The lowest BCUT2D eigenvalue weighted by atomic mass is 9.74. The van der Waals surface area contributed by atoms with E-state index in [-0.39, 0.29) is 32.7 Å². The van der Waals surface area contributed by atoms with Gasteiger partial charge >= 0.3 is 5.97 Å². The third-order valence-electron chi connectivity index (χ3n) is 8.80. The van der Waals surface area contributed by atoms with Crippen LogP contribution in [0.4, 0.5) is 5.69 Å². The molecule has 2 aromatic rings. The molecule has 0 unspecified atom stereocenters. The van der Waals surface area contributed by atoms with Crippen molar-refractivity contribution in [1.29, 1.82) is 0 Å². The Morgan fingerprint density at radius 3 is 2.52 bits per heavy atom. The molecule has 11 nitrogen and oxygen atoms in total. The van der Waals surface area contributed by atoms with E-state index in [0.29, 0.717) is 17.9 Å². The highest BCUT2D eigenvalue weighted by Gasteiger charge is 2.73. The van der Waals surface area contributed by atoms with Crippen LogP contribution in [-0.4, -0.2) is 84.9 Å². The Hall–Kier alpha value is -4.48. The summed E-state index contributed by atoms with van der Waals surface area (Å²) in [5.41, 5.74) is -0.0956. The van der Waals surface area contributed by atoms with E-state index in [1.807, 2.05) is 30.3 Å². The van der Waals surface area contributed by atoms with Gasteiger partial charge in [0.1, 0.15) is 24.0 Å². The average Bonchev–Trinajstić information content (AvgIpc) is 3.68. The topological polar surface area (TPSA) is 135 Å². The first-order chi connectivity index (χ1) is 21.4. The third-order valence-corrected chi connectivity index (χ3v) is 8.80. The van der Waals surface area contributed by atoms with Crippen LogP contribution in [0, 0.1) is 11.8 Å². The smallest absolute Gasteiger partial charge is 0.306 e. The number of methoxy groups -OCH3 is 1. The van der Waals surface area contributed by atoms with Gasteiger partial charge in [-0.15, -0.1) is 0 Å².